The summed E-state index contributed by atoms with van der Waals surface area (Å²) in [5, 5.41) is 4.58. The van der Waals surface area contributed by atoms with Crippen LogP contribution in [-0.4, -0.2) is 24.0 Å². The lowest BCUT2D eigenvalue weighted by molar-refractivity contribution is 0.0635. The molecule has 0 spiro atoms. The molecular weight excluding hydrogens is 379 g/mol. The Balaban J connectivity index is 1.65. The molecule has 5 heteroatoms. The van der Waals surface area contributed by atoms with Gasteiger partial charge in [0.05, 0.1) is 30.8 Å². The first kappa shape index (κ1) is 20.4. The molecule has 0 radical (unpaired) electrons. The molecule has 1 aromatic heterocycles. The van der Waals surface area contributed by atoms with Gasteiger partial charge in [-0.1, -0.05) is 30.7 Å². The van der Waals surface area contributed by atoms with Crippen molar-refractivity contribution in [1.82, 2.24) is 9.78 Å². The number of rotatable bonds is 6. The summed E-state index contributed by atoms with van der Waals surface area (Å²) in [5.74, 6) is 0.594. The van der Waals surface area contributed by atoms with Crippen LogP contribution in [-0.2, 0) is 11.2 Å². The molecule has 1 aliphatic carbocycles. The minimum absolute atomic E-state index is 0.0782. The number of benzene rings is 2. The van der Waals surface area contributed by atoms with Gasteiger partial charge in [0.2, 0.25) is 0 Å². The van der Waals surface area contributed by atoms with Crippen LogP contribution in [0.3, 0.4) is 0 Å². The van der Waals surface area contributed by atoms with Crippen LogP contribution in [0.25, 0.3) is 11.8 Å². The zero-order chi connectivity index (χ0) is 21.3. The van der Waals surface area contributed by atoms with Crippen molar-refractivity contribution in [2.24, 2.45) is 5.41 Å². The molecule has 0 fully saturated rings. The van der Waals surface area contributed by atoms with Gasteiger partial charge in [-0.25, -0.2) is 9.07 Å². The number of fused-ring (bicyclic) bond motifs is 1. The Labute approximate surface area is 176 Å². The van der Waals surface area contributed by atoms with Crippen LogP contribution >= 0.6 is 0 Å². The minimum Gasteiger partial charge on any atom is -0.496 e. The van der Waals surface area contributed by atoms with E-state index in [0.717, 1.165) is 35.5 Å². The predicted octanol–water partition coefficient (Wildman–Crippen LogP) is 5.76. The van der Waals surface area contributed by atoms with Crippen molar-refractivity contribution in [2.45, 2.75) is 32.8 Å². The van der Waals surface area contributed by atoms with E-state index < -0.39 is 0 Å². The average molecular weight is 407 g/mol. The molecule has 0 saturated carbocycles. The second-order valence-electron chi connectivity index (χ2n) is 8.18. The van der Waals surface area contributed by atoms with Crippen LogP contribution in [0.5, 0.6) is 5.75 Å². The smallest absolute Gasteiger partial charge is 0.124 e. The number of hydrogen-bond donors (Lipinski definition) is 0. The highest BCUT2D eigenvalue weighted by Gasteiger charge is 2.36. The summed E-state index contributed by atoms with van der Waals surface area (Å²) in [4.78, 5) is 0. The van der Waals surface area contributed by atoms with E-state index in [4.69, 9.17) is 9.47 Å². The summed E-state index contributed by atoms with van der Waals surface area (Å²) in [6.45, 7) is 4.44. The van der Waals surface area contributed by atoms with Crippen molar-refractivity contribution in [3.63, 3.8) is 0 Å². The zero-order valence-electron chi connectivity index (χ0n) is 17.9. The van der Waals surface area contributed by atoms with Crippen molar-refractivity contribution in [3.05, 3.63) is 82.9 Å². The molecule has 0 aliphatic heterocycles. The number of methoxy groups -OCH3 is 2. The predicted molar refractivity (Wildman–Crippen MR) is 116 cm³/mol. The van der Waals surface area contributed by atoms with Crippen LogP contribution in [0.4, 0.5) is 4.39 Å². The van der Waals surface area contributed by atoms with Crippen LogP contribution in [0.15, 0.2) is 60.3 Å². The summed E-state index contributed by atoms with van der Waals surface area (Å²) < 4.78 is 26.7. The van der Waals surface area contributed by atoms with Gasteiger partial charge in [-0.3, -0.25) is 0 Å². The molecule has 4 nitrogen and oxygen atoms in total. The van der Waals surface area contributed by atoms with E-state index in [1.807, 2.05) is 29.1 Å². The molecule has 0 bridgehead atoms. The number of halogens is 1. The second-order valence-corrected chi connectivity index (χ2v) is 8.18. The molecule has 0 amide bonds. The first-order valence-electron chi connectivity index (χ1n) is 10.1. The second kappa shape index (κ2) is 8.07. The molecule has 2 aromatic carbocycles. The van der Waals surface area contributed by atoms with Gasteiger partial charge >= 0.3 is 0 Å². The van der Waals surface area contributed by atoms with Crippen LogP contribution < -0.4 is 4.74 Å². The highest BCUT2D eigenvalue weighted by atomic mass is 19.1. The average Bonchev–Trinajstić information content (AvgIpc) is 3.15. The van der Waals surface area contributed by atoms with E-state index in [2.05, 4.69) is 31.1 Å². The number of aromatic nitrogens is 2. The lowest BCUT2D eigenvalue weighted by Gasteiger charge is -2.37. The number of ether oxygens (including phenoxy) is 2. The highest BCUT2D eigenvalue weighted by Crippen LogP contribution is 2.46. The SMILES string of the molecule is COc1ccccc1C(C[C@@]1(C)Cc2cnn(-c3ccc(F)cc3)c2C=C1C)OC. The van der Waals surface area contributed by atoms with Gasteiger partial charge in [-0.15, -0.1) is 0 Å². The summed E-state index contributed by atoms with van der Waals surface area (Å²) in [7, 11) is 3.44. The van der Waals surface area contributed by atoms with Crippen molar-refractivity contribution >= 4 is 6.08 Å². The van der Waals surface area contributed by atoms with Crippen molar-refractivity contribution < 1.29 is 13.9 Å². The van der Waals surface area contributed by atoms with E-state index in [-0.39, 0.29) is 17.3 Å². The van der Waals surface area contributed by atoms with E-state index in [9.17, 15) is 4.39 Å². The maximum atomic E-state index is 13.3. The van der Waals surface area contributed by atoms with Gasteiger partial charge in [-0.05, 0) is 67.2 Å². The fourth-order valence-corrected chi connectivity index (χ4v) is 4.30. The Kier molecular flexibility index (Phi) is 5.48. The molecule has 4 rings (SSSR count). The number of nitrogens with zero attached hydrogens (tertiary/aromatic N) is 2. The Morgan fingerprint density at radius 1 is 1.13 bits per heavy atom. The topological polar surface area (TPSA) is 36.3 Å². The molecule has 2 atom stereocenters. The lowest BCUT2D eigenvalue weighted by atomic mass is 9.70. The summed E-state index contributed by atoms with van der Waals surface area (Å²) in [5.41, 5.74) is 5.35. The van der Waals surface area contributed by atoms with Crippen LogP contribution in [0.2, 0.25) is 0 Å². The number of allylic oxidation sites excluding steroid dienone is 1. The molecule has 0 saturated heterocycles. The molecule has 3 aromatic rings. The van der Waals surface area contributed by atoms with Crippen LogP contribution in [0, 0.1) is 11.2 Å². The molecule has 156 valence electrons. The zero-order valence-corrected chi connectivity index (χ0v) is 17.9. The third-order valence-corrected chi connectivity index (χ3v) is 6.25. The van der Waals surface area contributed by atoms with Gasteiger partial charge in [0.25, 0.3) is 0 Å². The highest BCUT2D eigenvalue weighted by molar-refractivity contribution is 5.60. The van der Waals surface area contributed by atoms with Crippen molar-refractivity contribution in [2.75, 3.05) is 14.2 Å². The third-order valence-electron chi connectivity index (χ3n) is 6.25. The first-order chi connectivity index (χ1) is 14.4. The van der Waals surface area contributed by atoms with Gasteiger partial charge in [0.15, 0.2) is 0 Å². The Morgan fingerprint density at radius 2 is 1.87 bits per heavy atom. The Bertz CT molecular complexity index is 1070. The molecule has 30 heavy (non-hydrogen) atoms. The van der Waals surface area contributed by atoms with Crippen LogP contribution in [0.1, 0.15) is 43.2 Å². The molecule has 1 aliphatic rings. The van der Waals surface area contributed by atoms with Crippen molar-refractivity contribution in [1.29, 1.82) is 0 Å². The maximum Gasteiger partial charge on any atom is 0.124 e. The standard InChI is InChI=1S/C25H27FN2O2/c1-17-13-22-18(16-27-28(22)20-11-9-19(26)10-12-20)14-25(17,2)15-24(30-4)21-7-5-6-8-23(21)29-3/h5-13,16,24H,14-15H2,1-4H3/t24?,25-/m1/s1. The monoisotopic (exact) mass is 406 g/mol. The van der Waals surface area contributed by atoms with E-state index >= 15 is 0 Å². The molecule has 1 unspecified atom stereocenters. The molecule has 0 N–H and O–H groups in total. The van der Waals surface area contributed by atoms with Gasteiger partial charge in [0, 0.05) is 12.7 Å². The quantitative estimate of drug-likeness (QED) is 0.522. The summed E-state index contributed by atoms with van der Waals surface area (Å²) >= 11 is 0. The Hall–Kier alpha value is -2.92. The Morgan fingerprint density at radius 3 is 2.57 bits per heavy atom. The first-order valence-corrected chi connectivity index (χ1v) is 10.1. The normalized spacial score (nSPS) is 19.2. The number of para-hydroxylation sites is 1. The van der Waals surface area contributed by atoms with Gasteiger partial charge in [-0.2, -0.15) is 5.10 Å². The lowest BCUT2D eigenvalue weighted by Crippen LogP contribution is -2.28. The summed E-state index contributed by atoms with van der Waals surface area (Å²) in [6, 6.07) is 14.4. The fraction of sp³-hybridized carbons (Fsp3) is 0.320. The van der Waals surface area contributed by atoms with E-state index in [1.165, 1.54) is 23.3 Å². The van der Waals surface area contributed by atoms with Crippen molar-refractivity contribution in [3.8, 4) is 11.4 Å². The largest absolute Gasteiger partial charge is 0.496 e. The third kappa shape index (κ3) is 3.65. The maximum absolute atomic E-state index is 13.3. The molecule has 1 heterocycles. The van der Waals surface area contributed by atoms with E-state index in [1.54, 1.807) is 26.4 Å². The molecular formula is C25H27FN2O2. The fourth-order valence-electron chi connectivity index (χ4n) is 4.30. The van der Waals surface area contributed by atoms with Gasteiger partial charge in [0.1, 0.15) is 11.6 Å². The van der Waals surface area contributed by atoms with E-state index in [0.29, 0.717) is 0 Å². The summed E-state index contributed by atoms with van der Waals surface area (Å²) in [6.07, 6.45) is 5.73. The van der Waals surface area contributed by atoms with Gasteiger partial charge < -0.3 is 9.47 Å². The minimum atomic E-state index is -0.249. The number of hydrogen-bond acceptors (Lipinski definition) is 3.